The minimum atomic E-state index is -0.590. The summed E-state index contributed by atoms with van der Waals surface area (Å²) in [5, 5.41) is 14.0. The van der Waals surface area contributed by atoms with Gasteiger partial charge in [-0.2, -0.15) is 5.26 Å². The molecule has 0 bridgehead atoms. The molecule has 0 radical (unpaired) electrons. The van der Waals surface area contributed by atoms with Crippen LogP contribution in [0.15, 0.2) is 30.3 Å². The highest BCUT2D eigenvalue weighted by molar-refractivity contribution is 5.97. The normalized spacial score (nSPS) is 16.0. The van der Waals surface area contributed by atoms with Crippen LogP contribution in [0.1, 0.15) is 55.3 Å². The Balaban J connectivity index is 1.95. The van der Waals surface area contributed by atoms with Gasteiger partial charge >= 0.3 is 0 Å². The summed E-state index contributed by atoms with van der Waals surface area (Å²) in [5.41, 5.74) is 0.535. The molecule has 24 heavy (non-hydrogen) atoms. The summed E-state index contributed by atoms with van der Waals surface area (Å²) in [6, 6.07) is 10.2. The van der Waals surface area contributed by atoms with Crippen molar-refractivity contribution in [1.29, 1.82) is 5.26 Å². The predicted octanol–water partition coefficient (Wildman–Crippen LogP) is 2.79. The molecule has 0 saturated heterocycles. The van der Waals surface area contributed by atoms with Crippen LogP contribution in [0.5, 0.6) is 0 Å². The Morgan fingerprint density at radius 2 is 1.88 bits per heavy atom. The highest BCUT2D eigenvalue weighted by atomic mass is 16.2. The number of carbonyl (C=O) groups excluding carboxylic acids is 2. The second-order valence-corrected chi connectivity index (χ2v) is 6.35. The average Bonchev–Trinajstić information content (AvgIpc) is 2.64. The molecule has 1 saturated carbocycles. The van der Waals surface area contributed by atoms with Gasteiger partial charge in [0.2, 0.25) is 5.91 Å². The van der Waals surface area contributed by atoms with E-state index in [-0.39, 0.29) is 18.4 Å². The molecule has 5 heteroatoms. The second kappa shape index (κ2) is 9.71. The van der Waals surface area contributed by atoms with Crippen LogP contribution in [0.2, 0.25) is 0 Å². The minimum Gasteiger partial charge on any atom is -0.341 e. The highest BCUT2D eigenvalue weighted by Gasteiger charge is 2.23. The van der Waals surface area contributed by atoms with Crippen LogP contribution in [-0.4, -0.2) is 24.4 Å². The molecule has 2 amide bonds. The van der Waals surface area contributed by atoms with Crippen molar-refractivity contribution in [3.8, 4) is 6.07 Å². The molecular weight excluding hydrogens is 302 g/mol. The van der Waals surface area contributed by atoms with Gasteiger partial charge < -0.3 is 10.6 Å². The molecule has 1 aromatic carbocycles. The summed E-state index contributed by atoms with van der Waals surface area (Å²) in [7, 11) is 0. The van der Waals surface area contributed by atoms with E-state index in [1.807, 2.05) is 12.1 Å². The van der Waals surface area contributed by atoms with E-state index >= 15 is 0 Å². The van der Waals surface area contributed by atoms with Gasteiger partial charge in [-0.1, -0.05) is 50.3 Å². The molecule has 1 atom stereocenters. The average molecular weight is 327 g/mol. The third-order valence-electron chi connectivity index (χ3n) is 4.59. The maximum absolute atomic E-state index is 12.3. The molecule has 0 aromatic heterocycles. The molecule has 1 aromatic rings. The van der Waals surface area contributed by atoms with Crippen molar-refractivity contribution >= 4 is 11.8 Å². The van der Waals surface area contributed by atoms with E-state index in [4.69, 9.17) is 5.26 Å². The van der Waals surface area contributed by atoms with Crippen LogP contribution in [0.3, 0.4) is 0 Å². The zero-order valence-corrected chi connectivity index (χ0v) is 14.0. The topological polar surface area (TPSA) is 82.0 Å². The molecule has 0 spiro atoms. The van der Waals surface area contributed by atoms with E-state index in [0.29, 0.717) is 17.9 Å². The lowest BCUT2D eigenvalue weighted by Crippen LogP contribution is -2.47. The van der Waals surface area contributed by atoms with Crippen molar-refractivity contribution in [1.82, 2.24) is 10.6 Å². The molecule has 5 nitrogen and oxygen atoms in total. The van der Waals surface area contributed by atoms with Crippen LogP contribution in [0.25, 0.3) is 0 Å². The third-order valence-corrected chi connectivity index (χ3v) is 4.59. The maximum atomic E-state index is 12.3. The van der Waals surface area contributed by atoms with Crippen LogP contribution >= 0.6 is 0 Å². The summed E-state index contributed by atoms with van der Waals surface area (Å²) in [5.74, 6) is 0.103. The Bertz CT molecular complexity index is 574. The number of nitrogens with one attached hydrogen (secondary N) is 2. The summed E-state index contributed by atoms with van der Waals surface area (Å²) in [6.07, 6.45) is 7.77. The lowest BCUT2D eigenvalue weighted by Gasteiger charge is -2.24. The number of hydrogen-bond donors (Lipinski definition) is 2. The van der Waals surface area contributed by atoms with Crippen molar-refractivity contribution < 1.29 is 9.59 Å². The molecule has 1 fully saturated rings. The van der Waals surface area contributed by atoms with Crippen LogP contribution in [0.4, 0.5) is 0 Å². The first-order valence-corrected chi connectivity index (χ1v) is 8.71. The van der Waals surface area contributed by atoms with Crippen LogP contribution in [-0.2, 0) is 4.79 Å². The number of hydrogen-bond acceptors (Lipinski definition) is 3. The van der Waals surface area contributed by atoms with E-state index in [0.717, 1.165) is 6.42 Å². The van der Waals surface area contributed by atoms with E-state index in [1.54, 1.807) is 24.3 Å². The van der Waals surface area contributed by atoms with Gasteiger partial charge in [0.15, 0.2) is 0 Å². The number of amides is 2. The molecule has 1 aliphatic rings. The van der Waals surface area contributed by atoms with Crippen LogP contribution in [0, 0.1) is 17.2 Å². The van der Waals surface area contributed by atoms with Crippen molar-refractivity contribution in [2.45, 2.75) is 51.0 Å². The van der Waals surface area contributed by atoms with Gasteiger partial charge in [0.1, 0.15) is 12.6 Å². The molecular formula is C19H25N3O2. The van der Waals surface area contributed by atoms with E-state index < -0.39 is 6.04 Å². The fourth-order valence-corrected chi connectivity index (χ4v) is 3.23. The van der Waals surface area contributed by atoms with E-state index in [2.05, 4.69) is 10.6 Å². The Morgan fingerprint density at radius 1 is 1.17 bits per heavy atom. The molecule has 0 heterocycles. The standard InChI is InChI=1S/C19H25N3O2/c20-13-14-21-19(24)17(12-11-15-7-3-1-4-8-15)22-18(23)16-9-5-2-6-10-16/h2,5-6,9-10,15,17H,1,3-4,7-8,11-12,14H2,(H,21,24)(H,22,23)/t17-/m0/s1. The van der Waals surface area contributed by atoms with Gasteiger partial charge in [0, 0.05) is 5.56 Å². The van der Waals surface area contributed by atoms with Gasteiger partial charge in [0.05, 0.1) is 6.07 Å². The van der Waals surface area contributed by atoms with Crippen molar-refractivity contribution in [2.24, 2.45) is 5.92 Å². The smallest absolute Gasteiger partial charge is 0.251 e. The number of nitrogens with zero attached hydrogens (tertiary/aromatic N) is 1. The number of nitriles is 1. The van der Waals surface area contributed by atoms with Gasteiger partial charge in [0.25, 0.3) is 5.91 Å². The number of benzene rings is 1. The minimum absolute atomic E-state index is 0.0417. The third kappa shape index (κ3) is 5.69. The van der Waals surface area contributed by atoms with Crippen molar-refractivity contribution in [3.05, 3.63) is 35.9 Å². The summed E-state index contributed by atoms with van der Waals surface area (Å²) < 4.78 is 0. The fourth-order valence-electron chi connectivity index (χ4n) is 3.23. The van der Waals surface area contributed by atoms with E-state index in [1.165, 1.54) is 32.1 Å². The SMILES string of the molecule is N#CCNC(=O)[C@H](CCC1CCCCC1)NC(=O)c1ccccc1. The fraction of sp³-hybridized carbons (Fsp3) is 0.526. The molecule has 0 aliphatic heterocycles. The highest BCUT2D eigenvalue weighted by Crippen LogP contribution is 2.27. The van der Waals surface area contributed by atoms with Gasteiger partial charge in [-0.3, -0.25) is 9.59 Å². The monoisotopic (exact) mass is 327 g/mol. The zero-order valence-electron chi connectivity index (χ0n) is 14.0. The lowest BCUT2D eigenvalue weighted by molar-refractivity contribution is -0.123. The molecule has 1 aliphatic carbocycles. The molecule has 2 rings (SSSR count). The maximum Gasteiger partial charge on any atom is 0.251 e. The van der Waals surface area contributed by atoms with Gasteiger partial charge in [-0.05, 0) is 30.9 Å². The first-order valence-electron chi connectivity index (χ1n) is 8.71. The number of rotatable bonds is 7. The molecule has 128 valence electrons. The summed E-state index contributed by atoms with van der Waals surface area (Å²) >= 11 is 0. The van der Waals surface area contributed by atoms with Gasteiger partial charge in [-0.25, -0.2) is 0 Å². The summed E-state index contributed by atoms with van der Waals surface area (Å²) in [4.78, 5) is 24.6. The Morgan fingerprint density at radius 3 is 2.54 bits per heavy atom. The Hall–Kier alpha value is -2.35. The lowest BCUT2D eigenvalue weighted by atomic mass is 9.85. The Labute approximate surface area is 143 Å². The van der Waals surface area contributed by atoms with Crippen LogP contribution < -0.4 is 10.6 Å². The molecule has 0 unspecified atom stereocenters. The Kier molecular flexibility index (Phi) is 7.28. The van der Waals surface area contributed by atoms with Crippen molar-refractivity contribution in [2.75, 3.05) is 6.54 Å². The number of carbonyl (C=O) groups is 2. The van der Waals surface area contributed by atoms with Gasteiger partial charge in [-0.15, -0.1) is 0 Å². The summed E-state index contributed by atoms with van der Waals surface area (Å²) in [6.45, 7) is -0.0417. The predicted molar refractivity (Wildman–Crippen MR) is 92.1 cm³/mol. The first-order chi connectivity index (χ1) is 11.7. The second-order valence-electron chi connectivity index (χ2n) is 6.35. The zero-order chi connectivity index (χ0) is 17.2. The van der Waals surface area contributed by atoms with Crippen molar-refractivity contribution in [3.63, 3.8) is 0 Å². The van der Waals surface area contributed by atoms with E-state index in [9.17, 15) is 9.59 Å². The molecule has 2 N–H and O–H groups in total. The quantitative estimate of drug-likeness (QED) is 0.756. The first kappa shape index (κ1) is 18.0. The largest absolute Gasteiger partial charge is 0.341 e.